The van der Waals surface area contributed by atoms with Crippen molar-refractivity contribution in [1.82, 2.24) is 10.6 Å². The number of anilines is 1. The zero-order chi connectivity index (χ0) is 30.0. The molecule has 3 atom stereocenters. The van der Waals surface area contributed by atoms with Crippen LogP contribution in [0.3, 0.4) is 0 Å². The molecule has 1 aliphatic heterocycles. The summed E-state index contributed by atoms with van der Waals surface area (Å²) in [6.45, 7) is 0.172. The van der Waals surface area contributed by atoms with Gasteiger partial charge < -0.3 is 20.9 Å². The molecule has 0 spiro atoms. The number of alkyl carbamates (subject to hydrolysis) is 1. The predicted octanol–water partition coefficient (Wildman–Crippen LogP) is 3.95. The number of nitrogens with two attached hydrogens (primary N) is 1. The van der Waals surface area contributed by atoms with Gasteiger partial charge in [0.05, 0.1) is 24.6 Å². The number of aliphatic hydroxyl groups is 1. The van der Waals surface area contributed by atoms with E-state index in [0.717, 1.165) is 16.3 Å². The summed E-state index contributed by atoms with van der Waals surface area (Å²) in [5.41, 5.74) is 7.49. The molecule has 0 radical (unpaired) electrons. The zero-order valence-electron chi connectivity index (χ0n) is 23.2. The van der Waals surface area contributed by atoms with Crippen molar-refractivity contribution in [2.75, 3.05) is 5.73 Å². The molecule has 0 saturated heterocycles. The average Bonchev–Trinajstić information content (AvgIpc) is 3.26. The van der Waals surface area contributed by atoms with E-state index in [0.29, 0.717) is 5.56 Å². The fraction of sp³-hybridized carbons (Fsp3) is 0.188. The molecular weight excluding hydrogens is 522 g/mol. The van der Waals surface area contributed by atoms with E-state index in [1.165, 1.54) is 13.0 Å². The Balaban J connectivity index is 1.52. The van der Waals surface area contributed by atoms with E-state index >= 15 is 0 Å². The van der Waals surface area contributed by atoms with Gasteiger partial charge in [0, 0.05) is 24.1 Å². The van der Waals surface area contributed by atoms with Gasteiger partial charge in [-0.3, -0.25) is 19.7 Å². The van der Waals surface area contributed by atoms with Gasteiger partial charge in [-0.1, -0.05) is 72.8 Å². The number of Topliss-reactive ketones (excluding diaryl/α,β-unsaturated/α-hetero) is 1. The molecule has 5 rings (SSSR count). The lowest BCUT2D eigenvalue weighted by Crippen LogP contribution is -2.43. The first kappa shape index (κ1) is 26.2. The van der Waals surface area contributed by atoms with E-state index in [-0.39, 0.29) is 40.8 Å². The molecule has 9 nitrogen and oxygen atoms in total. The second-order valence-corrected chi connectivity index (χ2v) is 9.96. The third-order valence-corrected chi connectivity index (χ3v) is 6.91. The van der Waals surface area contributed by atoms with Crippen LogP contribution in [0, 0.1) is 0 Å². The van der Waals surface area contributed by atoms with Crippen LogP contribution in [0.5, 0.6) is 0 Å². The third-order valence-electron chi connectivity index (χ3n) is 6.91. The van der Waals surface area contributed by atoms with Gasteiger partial charge in [0.15, 0.2) is 5.78 Å². The summed E-state index contributed by atoms with van der Waals surface area (Å²) in [6, 6.07) is 21.9. The van der Waals surface area contributed by atoms with Crippen LogP contribution < -0.4 is 16.4 Å². The second-order valence-electron chi connectivity index (χ2n) is 9.96. The predicted molar refractivity (Wildman–Crippen MR) is 154 cm³/mol. The second kappa shape index (κ2) is 11.6. The number of imide groups is 1. The molecule has 4 aromatic carbocycles. The summed E-state index contributed by atoms with van der Waals surface area (Å²) in [5.74, 6) is -1.98. The number of ketones is 1. The quantitative estimate of drug-likeness (QED) is 0.140. The Morgan fingerprint density at radius 2 is 1.66 bits per heavy atom. The molecule has 41 heavy (non-hydrogen) atoms. The maximum absolute atomic E-state index is 14.2. The maximum atomic E-state index is 14.2. The highest BCUT2D eigenvalue weighted by molar-refractivity contribution is 6.25. The molecule has 4 aromatic rings. The minimum absolute atomic E-state index is 0.00595. The van der Waals surface area contributed by atoms with Gasteiger partial charge in [-0.25, -0.2) is 4.79 Å². The summed E-state index contributed by atoms with van der Waals surface area (Å²) in [5, 5.41) is 16.9. The van der Waals surface area contributed by atoms with Crippen molar-refractivity contribution in [1.29, 1.82) is 0 Å². The van der Waals surface area contributed by atoms with E-state index in [9.17, 15) is 24.3 Å². The van der Waals surface area contributed by atoms with Gasteiger partial charge in [0.25, 0.3) is 11.8 Å². The minimum atomic E-state index is -1.33. The standard InChI is InChI=1S/C32H29N3O6/c1-18(36)13-23-24(16-25-27(28(23)33)31(39)35-30(25)38)29(37)26(34-32(40)41-17-19-7-3-2-4-8-19)15-20-11-12-21-9-5-6-10-22(21)14-20/h2-12,14,16,18,26,36H,13,15,17,33H2,1H3,(H,34,40)(H,35,38,39)/t18?,26-/m0/s1/i17D/t17?,18?,26-. The summed E-state index contributed by atoms with van der Waals surface area (Å²) >= 11 is 0. The van der Waals surface area contributed by atoms with Crippen LogP contribution in [-0.4, -0.2) is 40.9 Å². The van der Waals surface area contributed by atoms with Crippen LogP contribution in [0.15, 0.2) is 78.9 Å². The van der Waals surface area contributed by atoms with Gasteiger partial charge in [-0.2, -0.15) is 0 Å². The number of benzene rings is 4. The average molecular weight is 553 g/mol. The van der Waals surface area contributed by atoms with Gasteiger partial charge in [-0.05, 0) is 40.5 Å². The zero-order valence-corrected chi connectivity index (χ0v) is 22.2. The Hall–Kier alpha value is -5.02. The number of ether oxygens (including phenoxy) is 1. The molecule has 5 N–H and O–H groups in total. The lowest BCUT2D eigenvalue weighted by atomic mass is 9.87. The molecule has 0 bridgehead atoms. The van der Waals surface area contributed by atoms with E-state index in [4.69, 9.17) is 11.8 Å². The monoisotopic (exact) mass is 552 g/mol. The Morgan fingerprint density at radius 1 is 0.951 bits per heavy atom. The molecule has 9 heteroatoms. The Kier molecular flexibility index (Phi) is 7.42. The summed E-state index contributed by atoms with van der Waals surface area (Å²) in [6.07, 6.45) is -1.94. The Morgan fingerprint density at radius 3 is 2.39 bits per heavy atom. The van der Waals surface area contributed by atoms with Crippen LogP contribution >= 0.6 is 0 Å². The lowest BCUT2D eigenvalue weighted by molar-refractivity contribution is 0.0878. The van der Waals surface area contributed by atoms with E-state index in [1.54, 1.807) is 30.3 Å². The number of carbonyl (C=O) groups is 4. The van der Waals surface area contributed by atoms with Crippen molar-refractivity contribution in [3.63, 3.8) is 0 Å². The SMILES string of the molecule is [2H]C(OC(=O)N[C@@H](Cc1ccc2ccccc2c1)C(=O)c1cc2c(c(N)c1CC(C)O)C(=O)NC2=O)c1ccccc1. The summed E-state index contributed by atoms with van der Waals surface area (Å²) < 4.78 is 13.5. The highest BCUT2D eigenvalue weighted by atomic mass is 16.5. The highest BCUT2D eigenvalue weighted by Crippen LogP contribution is 2.31. The normalized spacial score (nSPS) is 14.9. The Bertz CT molecular complexity index is 1710. The summed E-state index contributed by atoms with van der Waals surface area (Å²) in [4.78, 5) is 52.1. The molecule has 3 amide bonds. The number of fused-ring (bicyclic) bond motifs is 2. The van der Waals surface area contributed by atoms with Crippen molar-refractivity contribution in [2.45, 2.75) is 38.5 Å². The number of amides is 3. The van der Waals surface area contributed by atoms with Crippen LogP contribution in [0.1, 0.15) is 56.1 Å². The number of nitrogen functional groups attached to an aromatic ring is 1. The number of carbonyl (C=O) groups excluding carboxylic acids is 4. The first-order chi connectivity index (χ1) is 20.1. The van der Waals surface area contributed by atoms with Crippen molar-refractivity contribution in [3.05, 3.63) is 112 Å². The van der Waals surface area contributed by atoms with Crippen molar-refractivity contribution < 1.29 is 30.4 Å². The van der Waals surface area contributed by atoms with Crippen molar-refractivity contribution in [3.8, 4) is 0 Å². The fourth-order valence-corrected chi connectivity index (χ4v) is 4.96. The van der Waals surface area contributed by atoms with Gasteiger partial charge in [-0.15, -0.1) is 0 Å². The topological polar surface area (TPSA) is 148 Å². The van der Waals surface area contributed by atoms with Crippen LogP contribution in [0.4, 0.5) is 10.5 Å². The van der Waals surface area contributed by atoms with Crippen LogP contribution in [0.2, 0.25) is 0 Å². The molecule has 1 heterocycles. The number of rotatable bonds is 9. The Labute approximate surface area is 237 Å². The molecule has 2 unspecified atom stereocenters. The molecular formula is C32H29N3O6. The van der Waals surface area contributed by atoms with Crippen molar-refractivity contribution in [2.24, 2.45) is 0 Å². The first-order valence-electron chi connectivity index (χ1n) is 13.7. The number of nitrogens with one attached hydrogen (secondary N) is 2. The van der Waals surface area contributed by atoms with Crippen LogP contribution in [0.25, 0.3) is 10.8 Å². The molecule has 0 aliphatic carbocycles. The fourth-order valence-electron chi connectivity index (χ4n) is 4.96. The molecule has 0 aromatic heterocycles. The third kappa shape index (κ3) is 5.95. The van der Waals surface area contributed by atoms with Gasteiger partial charge in [0.2, 0.25) is 0 Å². The summed E-state index contributed by atoms with van der Waals surface area (Å²) in [7, 11) is 0. The number of aliphatic hydroxyl groups excluding tert-OH is 1. The van der Waals surface area contributed by atoms with E-state index < -0.39 is 42.4 Å². The lowest BCUT2D eigenvalue weighted by Gasteiger charge is -2.22. The molecule has 0 fully saturated rings. The molecule has 208 valence electrons. The number of hydrogen-bond donors (Lipinski definition) is 4. The van der Waals surface area contributed by atoms with Crippen LogP contribution in [-0.2, 0) is 24.2 Å². The molecule has 0 saturated carbocycles. The highest BCUT2D eigenvalue weighted by Gasteiger charge is 2.35. The smallest absolute Gasteiger partial charge is 0.408 e. The van der Waals surface area contributed by atoms with Gasteiger partial charge in [0.1, 0.15) is 6.58 Å². The maximum Gasteiger partial charge on any atom is 0.408 e. The largest absolute Gasteiger partial charge is 0.445 e. The van der Waals surface area contributed by atoms with Crippen molar-refractivity contribution >= 4 is 40.2 Å². The minimum Gasteiger partial charge on any atom is -0.445 e. The number of hydrogen-bond acceptors (Lipinski definition) is 7. The molecule has 1 aliphatic rings. The van der Waals surface area contributed by atoms with E-state index in [1.807, 2.05) is 42.5 Å². The van der Waals surface area contributed by atoms with Gasteiger partial charge >= 0.3 is 6.09 Å². The first-order valence-corrected chi connectivity index (χ1v) is 13.1. The van der Waals surface area contributed by atoms with E-state index in [2.05, 4.69) is 10.6 Å².